The first-order chi connectivity index (χ1) is 35.1. The van der Waals surface area contributed by atoms with E-state index in [1.807, 2.05) is 20.8 Å². The lowest BCUT2D eigenvalue weighted by molar-refractivity contribution is -0.378. The van der Waals surface area contributed by atoms with Crippen LogP contribution in [0.4, 0.5) is 0 Å². The van der Waals surface area contributed by atoms with E-state index in [-0.39, 0.29) is 34.5 Å². The zero-order valence-electron chi connectivity index (χ0n) is 44.7. The summed E-state index contributed by atoms with van der Waals surface area (Å²) in [6.07, 6.45) is -22.1. The summed E-state index contributed by atoms with van der Waals surface area (Å²) in [5.74, 6) is -0.394. The number of hydrogen-bond acceptors (Lipinski definition) is 22. The minimum atomic E-state index is -1.81. The summed E-state index contributed by atoms with van der Waals surface area (Å²) >= 11 is 0. The molecule has 1 unspecified atom stereocenters. The van der Waals surface area contributed by atoms with Crippen LogP contribution in [0.2, 0.25) is 0 Å². The molecule has 0 aromatic rings. The molecule has 0 radical (unpaired) electrons. The molecule has 8 rings (SSSR count). The zero-order valence-corrected chi connectivity index (χ0v) is 44.7. The Labute approximate surface area is 439 Å². The summed E-state index contributed by atoms with van der Waals surface area (Å²) in [7, 11) is 0. The standard InChI is InChI=1S/C53H90O22/c1-23(2)10-9-14-53(8,75-47-43(67)39(63)37(61)29(72-47)22-68-45-41(65)36(60)28(21-56)69-45)24-11-16-52(7)33(24)25(57)18-31-50(5)15-13-32(49(3,4)30(50)12-17-51(31,52)6)73-48-44(40(64)35(59)27(20-55)71-48)74-46-42(66)38(62)34(58)26(19-54)70-46/h10,24-48,54-67H,9,11-22H2,1-8H3/t24-,25+,26+,27+,28-,29+,30-,31+,32-,33+,34+,35+,36-,37+,38-,39-,40-,41+,42+,43+,44+,45?,46-,47-,48-,50-,51+,52+,53-/m0/s1. The molecule has 75 heavy (non-hydrogen) atoms. The van der Waals surface area contributed by atoms with Gasteiger partial charge in [0.05, 0.1) is 44.2 Å². The molecule has 8 fully saturated rings. The first-order valence-corrected chi connectivity index (χ1v) is 27.3. The lowest BCUT2D eigenvalue weighted by Gasteiger charge is -2.71. The van der Waals surface area contributed by atoms with Gasteiger partial charge in [0.2, 0.25) is 0 Å². The SMILES string of the molecule is CC(C)=CCC[C@](C)(O[C@@H]1O[C@H](COC2O[C@@H](CO)[C@H](O)[C@H]2O)[C@@H](O)[C@H](O)[C@H]1O)[C@H]1CC[C@]2(C)[C@H]1[C@H](O)C[C@@H]1[C@@]3(C)CC[C@H](O[C@@H]4O[C@H](CO)[C@@H](O)[C@H](O)[C@H]4O[C@@H]4O[C@H](CO)[C@@H](O)[C@H](O)[C@H]4O)C(C)(C)[C@@H]3CC[C@]12C. The van der Waals surface area contributed by atoms with Crippen molar-refractivity contribution in [2.24, 2.45) is 45.3 Å². The summed E-state index contributed by atoms with van der Waals surface area (Å²) in [6, 6.07) is 0. The number of hydrogen-bond donors (Lipinski definition) is 14. The lowest BCUT2D eigenvalue weighted by atomic mass is 9.35. The van der Waals surface area contributed by atoms with Crippen LogP contribution in [-0.2, 0) is 37.9 Å². The number of aliphatic hydroxyl groups is 14. The molecule has 4 aliphatic carbocycles. The maximum atomic E-state index is 12.8. The van der Waals surface area contributed by atoms with E-state index in [4.69, 9.17) is 37.9 Å². The average molecular weight is 1080 g/mol. The Morgan fingerprint density at radius 1 is 0.560 bits per heavy atom. The molecule has 0 bridgehead atoms. The van der Waals surface area contributed by atoms with Crippen LogP contribution < -0.4 is 0 Å². The highest BCUT2D eigenvalue weighted by Crippen LogP contribution is 2.76. The van der Waals surface area contributed by atoms with Gasteiger partial charge in [0.25, 0.3) is 0 Å². The number of fused-ring (bicyclic) bond motifs is 5. The predicted octanol–water partition coefficient (Wildman–Crippen LogP) is -1.56. The zero-order chi connectivity index (χ0) is 55.1. The van der Waals surface area contributed by atoms with Gasteiger partial charge in [0.15, 0.2) is 25.2 Å². The minimum Gasteiger partial charge on any atom is -0.394 e. The van der Waals surface area contributed by atoms with E-state index < -0.39 is 172 Å². The van der Waals surface area contributed by atoms with Crippen molar-refractivity contribution in [3.8, 4) is 0 Å². The fraction of sp³-hybridized carbons (Fsp3) is 0.962. The van der Waals surface area contributed by atoms with Crippen LogP contribution in [0.5, 0.6) is 0 Å². The van der Waals surface area contributed by atoms with Gasteiger partial charge in [-0.2, -0.15) is 0 Å². The molecule has 8 aliphatic rings. The monoisotopic (exact) mass is 1080 g/mol. The molecule has 14 N–H and O–H groups in total. The van der Waals surface area contributed by atoms with Crippen LogP contribution in [0.3, 0.4) is 0 Å². The fourth-order valence-corrected chi connectivity index (χ4v) is 16.1. The quantitative estimate of drug-likeness (QED) is 0.0614. The summed E-state index contributed by atoms with van der Waals surface area (Å²) in [4.78, 5) is 0. The van der Waals surface area contributed by atoms with E-state index >= 15 is 0 Å². The van der Waals surface area contributed by atoms with Crippen LogP contribution in [0, 0.1) is 45.3 Å². The van der Waals surface area contributed by atoms with Gasteiger partial charge in [-0.25, -0.2) is 0 Å². The third-order valence-electron chi connectivity index (χ3n) is 20.5. The Morgan fingerprint density at radius 2 is 1.08 bits per heavy atom. The number of ether oxygens (including phenoxy) is 8. The van der Waals surface area contributed by atoms with Crippen LogP contribution in [0.1, 0.15) is 113 Å². The summed E-state index contributed by atoms with van der Waals surface area (Å²) in [5.41, 5.74) is -1.47. The third kappa shape index (κ3) is 10.5. The first-order valence-electron chi connectivity index (χ1n) is 27.3. The largest absolute Gasteiger partial charge is 0.394 e. The third-order valence-corrected chi connectivity index (χ3v) is 20.5. The Balaban J connectivity index is 1.01. The summed E-state index contributed by atoms with van der Waals surface area (Å²) in [5, 5.41) is 151. The Hall–Kier alpha value is -1.14. The van der Waals surface area contributed by atoms with Crippen molar-refractivity contribution in [3.63, 3.8) is 0 Å². The lowest BCUT2D eigenvalue weighted by Crippen LogP contribution is -2.68. The van der Waals surface area contributed by atoms with Crippen molar-refractivity contribution in [1.82, 2.24) is 0 Å². The van der Waals surface area contributed by atoms with Gasteiger partial charge < -0.3 is 109 Å². The van der Waals surface area contributed by atoms with Gasteiger partial charge in [-0.3, -0.25) is 0 Å². The Kier molecular flexibility index (Phi) is 18.1. The second-order valence-corrected chi connectivity index (χ2v) is 25.3. The van der Waals surface area contributed by atoms with Crippen molar-refractivity contribution in [1.29, 1.82) is 0 Å². The highest BCUT2D eigenvalue weighted by molar-refractivity contribution is 5.20. The van der Waals surface area contributed by atoms with Crippen molar-refractivity contribution >= 4 is 0 Å². The van der Waals surface area contributed by atoms with Crippen molar-refractivity contribution in [2.45, 2.75) is 248 Å². The van der Waals surface area contributed by atoms with Gasteiger partial charge in [0.1, 0.15) is 91.6 Å². The van der Waals surface area contributed by atoms with Crippen LogP contribution in [0.15, 0.2) is 11.6 Å². The topological polar surface area (TPSA) is 357 Å². The molecule has 22 nitrogen and oxygen atoms in total. The maximum absolute atomic E-state index is 12.8. The fourth-order valence-electron chi connectivity index (χ4n) is 16.1. The molecule has 4 heterocycles. The molecule has 22 heteroatoms. The molecule has 4 saturated carbocycles. The maximum Gasteiger partial charge on any atom is 0.187 e. The minimum absolute atomic E-state index is 0.0508. The second-order valence-electron chi connectivity index (χ2n) is 25.3. The molecule has 4 saturated heterocycles. The van der Waals surface area contributed by atoms with Crippen molar-refractivity contribution in [3.05, 3.63) is 11.6 Å². The van der Waals surface area contributed by atoms with Crippen molar-refractivity contribution < 1.29 is 109 Å². The normalized spacial score (nSPS) is 52.6. The highest BCUT2D eigenvalue weighted by Gasteiger charge is 2.72. The molecule has 0 aromatic carbocycles. The molecule has 0 spiro atoms. The number of rotatable bonds is 16. The van der Waals surface area contributed by atoms with Gasteiger partial charge in [-0.1, -0.05) is 46.3 Å². The number of aliphatic hydroxyl groups excluding tert-OH is 14. The molecule has 29 atom stereocenters. The summed E-state index contributed by atoms with van der Waals surface area (Å²) < 4.78 is 48.9. The van der Waals surface area contributed by atoms with E-state index in [9.17, 15) is 71.5 Å². The van der Waals surface area contributed by atoms with E-state index in [0.29, 0.717) is 38.5 Å². The van der Waals surface area contributed by atoms with Gasteiger partial charge >= 0.3 is 0 Å². The highest BCUT2D eigenvalue weighted by atomic mass is 16.8. The van der Waals surface area contributed by atoms with Crippen LogP contribution in [0.25, 0.3) is 0 Å². The van der Waals surface area contributed by atoms with Crippen molar-refractivity contribution in [2.75, 3.05) is 26.4 Å². The van der Waals surface area contributed by atoms with E-state index in [2.05, 4.69) is 40.7 Å². The van der Waals surface area contributed by atoms with Gasteiger partial charge in [0, 0.05) is 0 Å². The van der Waals surface area contributed by atoms with E-state index in [1.54, 1.807) is 0 Å². The first kappa shape index (κ1) is 60.0. The molecule has 434 valence electrons. The second kappa shape index (κ2) is 22.7. The predicted molar refractivity (Wildman–Crippen MR) is 260 cm³/mol. The van der Waals surface area contributed by atoms with Crippen LogP contribution >= 0.6 is 0 Å². The smallest absolute Gasteiger partial charge is 0.187 e. The van der Waals surface area contributed by atoms with E-state index in [0.717, 1.165) is 24.8 Å². The van der Waals surface area contributed by atoms with Crippen LogP contribution in [-0.4, -0.2) is 232 Å². The molecule has 0 aromatic heterocycles. The molecular weight excluding hydrogens is 989 g/mol. The number of allylic oxidation sites excluding steroid dienone is 2. The molecule has 4 aliphatic heterocycles. The Bertz CT molecular complexity index is 1940. The molecule has 0 amide bonds. The van der Waals surface area contributed by atoms with E-state index in [1.165, 1.54) is 0 Å². The summed E-state index contributed by atoms with van der Waals surface area (Å²) in [6.45, 7) is 14.9. The van der Waals surface area contributed by atoms with Gasteiger partial charge in [-0.05, 0) is 124 Å². The Morgan fingerprint density at radius 3 is 1.69 bits per heavy atom. The average Bonchev–Trinajstić information content (AvgIpc) is 3.89. The van der Waals surface area contributed by atoms with Gasteiger partial charge in [-0.15, -0.1) is 0 Å². The molecular formula is C53H90O22.